The number of hydrogen-bond acceptors (Lipinski definition) is 9. The van der Waals surface area contributed by atoms with Crippen molar-refractivity contribution in [1.29, 1.82) is 0 Å². The Morgan fingerprint density at radius 1 is 1.05 bits per heavy atom. The molecule has 2 fully saturated rings. The number of carbonyl (C=O) groups excluding carboxylic acids is 1. The number of methoxy groups -OCH3 is 1. The molecule has 1 amide bonds. The normalized spacial score (nSPS) is 15.9. The average Bonchev–Trinajstić information content (AvgIpc) is 3.72. The van der Waals surface area contributed by atoms with E-state index in [1.165, 1.54) is 20.0 Å². The van der Waals surface area contributed by atoms with Crippen molar-refractivity contribution in [2.75, 3.05) is 25.5 Å². The number of aromatic nitrogens is 6. The van der Waals surface area contributed by atoms with Crippen LogP contribution in [-0.4, -0.2) is 72.6 Å². The fourth-order valence-corrected chi connectivity index (χ4v) is 5.68. The summed E-state index contributed by atoms with van der Waals surface area (Å²) in [6, 6.07) is 6.54. The van der Waals surface area contributed by atoms with E-state index >= 15 is 4.39 Å². The molecule has 2 N–H and O–H groups in total. The van der Waals surface area contributed by atoms with Crippen LogP contribution in [0.3, 0.4) is 0 Å². The van der Waals surface area contributed by atoms with Gasteiger partial charge in [0.2, 0.25) is 11.8 Å². The van der Waals surface area contributed by atoms with Crippen molar-refractivity contribution in [3.8, 4) is 17.3 Å². The predicted octanol–water partition coefficient (Wildman–Crippen LogP) is 4.73. The summed E-state index contributed by atoms with van der Waals surface area (Å²) in [5.74, 6) is 1.06. The summed E-state index contributed by atoms with van der Waals surface area (Å²) in [5.41, 5.74) is 2.86. The first kappa shape index (κ1) is 28.0. The summed E-state index contributed by atoms with van der Waals surface area (Å²) in [6.45, 7) is 9.29. The van der Waals surface area contributed by atoms with E-state index in [0.717, 1.165) is 43.5 Å². The number of carbonyl (C=O) groups is 1. The second-order valence-electron chi connectivity index (χ2n) is 11.4. The maximum Gasteiger partial charge on any atom is 0.255 e. The smallest absolute Gasteiger partial charge is 0.255 e. The number of rotatable bonds is 8. The van der Waals surface area contributed by atoms with Gasteiger partial charge in [0.1, 0.15) is 17.3 Å². The molecule has 1 saturated carbocycles. The zero-order valence-corrected chi connectivity index (χ0v) is 24.6. The number of likely N-dealkylation sites (tertiary alicyclic amines) is 1. The highest BCUT2D eigenvalue weighted by Gasteiger charge is 2.29. The summed E-state index contributed by atoms with van der Waals surface area (Å²) in [5, 5.41) is 6.71. The number of amides is 1. The van der Waals surface area contributed by atoms with Crippen molar-refractivity contribution >= 4 is 28.7 Å². The molecule has 11 nitrogen and oxygen atoms in total. The number of fused-ring (bicyclic) bond motifs is 1. The molecule has 0 bridgehead atoms. The Balaban J connectivity index is 1.22. The van der Waals surface area contributed by atoms with Crippen LogP contribution < -0.4 is 15.4 Å². The van der Waals surface area contributed by atoms with Crippen LogP contribution >= 0.6 is 0 Å². The number of pyridine rings is 2. The number of imidazole rings is 1. The molecule has 220 valence electrons. The SMILES string of the molecule is COc1nc(-c2nc(Nc3ccc(C(=O)N4CCC(NC5CC5)CC4)c(C)n3)ncc2F)cc2c1nc(C)n2C(C)C. The molecule has 0 aromatic carbocycles. The molecule has 42 heavy (non-hydrogen) atoms. The Kier molecular flexibility index (Phi) is 7.48. The van der Waals surface area contributed by atoms with Gasteiger partial charge >= 0.3 is 0 Å². The van der Waals surface area contributed by atoms with E-state index < -0.39 is 5.82 Å². The Bertz CT molecular complexity index is 1640. The van der Waals surface area contributed by atoms with Crippen molar-refractivity contribution in [3.05, 3.63) is 47.3 Å². The molecule has 1 aliphatic heterocycles. The minimum absolute atomic E-state index is 0.0111. The number of piperidine rings is 1. The van der Waals surface area contributed by atoms with E-state index in [0.29, 0.717) is 46.2 Å². The van der Waals surface area contributed by atoms with E-state index in [9.17, 15) is 4.79 Å². The third-order valence-electron chi connectivity index (χ3n) is 7.91. The molecule has 0 spiro atoms. The first-order chi connectivity index (χ1) is 20.2. The molecule has 2 aliphatic rings. The Labute approximate surface area is 244 Å². The summed E-state index contributed by atoms with van der Waals surface area (Å²) >= 11 is 0. The lowest BCUT2D eigenvalue weighted by molar-refractivity contribution is 0.0703. The van der Waals surface area contributed by atoms with Crippen LogP contribution in [0.4, 0.5) is 16.2 Å². The second-order valence-corrected chi connectivity index (χ2v) is 11.4. The van der Waals surface area contributed by atoms with Crippen LogP contribution in [-0.2, 0) is 0 Å². The number of ether oxygens (including phenoxy) is 1. The fourth-order valence-electron chi connectivity index (χ4n) is 5.68. The lowest BCUT2D eigenvalue weighted by Crippen LogP contribution is -2.45. The van der Waals surface area contributed by atoms with Crippen molar-refractivity contribution in [3.63, 3.8) is 0 Å². The highest BCUT2D eigenvalue weighted by molar-refractivity contribution is 5.95. The molecule has 1 aliphatic carbocycles. The third kappa shape index (κ3) is 5.50. The molecule has 5 heterocycles. The largest absolute Gasteiger partial charge is 0.479 e. The van der Waals surface area contributed by atoms with Crippen LogP contribution in [0.15, 0.2) is 24.4 Å². The molecule has 12 heteroatoms. The van der Waals surface area contributed by atoms with Crippen LogP contribution in [0.25, 0.3) is 22.4 Å². The average molecular weight is 574 g/mol. The first-order valence-electron chi connectivity index (χ1n) is 14.5. The van der Waals surface area contributed by atoms with E-state index in [1.54, 1.807) is 18.2 Å². The van der Waals surface area contributed by atoms with Crippen LogP contribution in [0, 0.1) is 19.7 Å². The molecule has 4 aromatic heterocycles. The van der Waals surface area contributed by atoms with Crippen molar-refractivity contribution < 1.29 is 13.9 Å². The minimum atomic E-state index is -0.622. The van der Waals surface area contributed by atoms with Gasteiger partial charge in [0.15, 0.2) is 11.3 Å². The highest BCUT2D eigenvalue weighted by Crippen LogP contribution is 2.32. The highest BCUT2D eigenvalue weighted by atomic mass is 19.1. The maximum atomic E-state index is 15.0. The zero-order chi connectivity index (χ0) is 29.5. The van der Waals surface area contributed by atoms with E-state index in [1.807, 2.05) is 23.3 Å². The van der Waals surface area contributed by atoms with Gasteiger partial charge in [0.05, 0.1) is 35.8 Å². The van der Waals surface area contributed by atoms with Crippen molar-refractivity contribution in [1.82, 2.24) is 39.7 Å². The molecule has 0 atom stereocenters. The Morgan fingerprint density at radius 3 is 2.45 bits per heavy atom. The Morgan fingerprint density at radius 2 is 1.79 bits per heavy atom. The maximum absolute atomic E-state index is 15.0. The van der Waals surface area contributed by atoms with Gasteiger partial charge in [-0.1, -0.05) is 0 Å². The molecule has 1 saturated heterocycles. The molecule has 4 aromatic rings. The predicted molar refractivity (Wildman–Crippen MR) is 158 cm³/mol. The molecule has 0 unspecified atom stereocenters. The van der Waals surface area contributed by atoms with Gasteiger partial charge in [-0.2, -0.15) is 0 Å². The fraction of sp³-hybridized carbons (Fsp3) is 0.467. The monoisotopic (exact) mass is 573 g/mol. The quantitative estimate of drug-likeness (QED) is 0.308. The zero-order valence-electron chi connectivity index (χ0n) is 24.6. The topological polar surface area (TPSA) is 123 Å². The first-order valence-corrected chi connectivity index (χ1v) is 14.5. The van der Waals surface area contributed by atoms with E-state index in [2.05, 4.69) is 49.4 Å². The number of halogens is 1. The van der Waals surface area contributed by atoms with Gasteiger partial charge in [-0.3, -0.25) is 4.79 Å². The van der Waals surface area contributed by atoms with Gasteiger partial charge in [-0.05, 0) is 71.6 Å². The van der Waals surface area contributed by atoms with Gasteiger partial charge in [-0.25, -0.2) is 29.3 Å². The van der Waals surface area contributed by atoms with Crippen LogP contribution in [0.2, 0.25) is 0 Å². The van der Waals surface area contributed by atoms with Gasteiger partial charge in [0, 0.05) is 31.2 Å². The lowest BCUT2D eigenvalue weighted by Gasteiger charge is -2.32. The van der Waals surface area contributed by atoms with Gasteiger partial charge in [-0.15, -0.1) is 0 Å². The van der Waals surface area contributed by atoms with Crippen molar-refractivity contribution in [2.45, 2.75) is 71.5 Å². The number of anilines is 2. The summed E-state index contributed by atoms with van der Waals surface area (Å²) in [4.78, 5) is 37.4. The second kappa shape index (κ2) is 11.2. The summed E-state index contributed by atoms with van der Waals surface area (Å²) in [6.07, 6.45) is 5.55. The standard InChI is InChI=1S/C30H36FN9O2/c1-16(2)40-18(4)34-27-24(40)14-23(36-28(27)42-5)26-22(31)15-32-30(38-26)37-25-9-8-21(17(3)33-25)29(41)39-12-10-20(11-13-39)35-19-6-7-19/h8-9,14-16,19-20,35H,6-7,10-13H2,1-5H3,(H,32,33,37,38). The number of hydrogen-bond donors (Lipinski definition) is 2. The summed E-state index contributed by atoms with van der Waals surface area (Å²) in [7, 11) is 1.51. The van der Waals surface area contributed by atoms with Crippen LogP contribution in [0.5, 0.6) is 5.88 Å². The third-order valence-corrected chi connectivity index (χ3v) is 7.91. The van der Waals surface area contributed by atoms with Gasteiger partial charge in [0.25, 0.3) is 5.91 Å². The molecule has 0 radical (unpaired) electrons. The van der Waals surface area contributed by atoms with Gasteiger partial charge < -0.3 is 24.8 Å². The summed E-state index contributed by atoms with van der Waals surface area (Å²) < 4.78 is 22.6. The van der Waals surface area contributed by atoms with E-state index in [4.69, 9.17) is 4.74 Å². The lowest BCUT2D eigenvalue weighted by atomic mass is 10.0. The van der Waals surface area contributed by atoms with Crippen LogP contribution in [0.1, 0.15) is 67.4 Å². The van der Waals surface area contributed by atoms with Crippen molar-refractivity contribution in [2.24, 2.45) is 0 Å². The number of nitrogens with one attached hydrogen (secondary N) is 2. The van der Waals surface area contributed by atoms with E-state index in [-0.39, 0.29) is 23.6 Å². The molecular formula is C30H36FN9O2. The number of aryl methyl sites for hydroxylation is 2. The molecular weight excluding hydrogens is 537 g/mol. The number of nitrogens with zero attached hydrogens (tertiary/aromatic N) is 7. The molecule has 6 rings (SSSR count). The minimum Gasteiger partial charge on any atom is -0.479 e. The Hall–Kier alpha value is -4.19.